The number of benzene rings is 2. The third-order valence-electron chi connectivity index (χ3n) is 4.36. The van der Waals surface area contributed by atoms with Gasteiger partial charge in [0.1, 0.15) is 5.82 Å². The third-order valence-corrected chi connectivity index (χ3v) is 5.23. The molecule has 0 unspecified atom stereocenters. The van der Waals surface area contributed by atoms with Gasteiger partial charge in [0.25, 0.3) is 0 Å². The zero-order valence-electron chi connectivity index (χ0n) is 13.8. The van der Waals surface area contributed by atoms with Crippen molar-refractivity contribution < 1.29 is 14.3 Å². The lowest BCUT2D eigenvalue weighted by Gasteiger charge is -2.27. The number of fused-ring (bicyclic) bond motifs is 1. The molecule has 1 aliphatic rings. The van der Waals surface area contributed by atoms with Gasteiger partial charge in [-0.05, 0) is 48.5 Å². The highest BCUT2D eigenvalue weighted by molar-refractivity contribution is 6.35. The fourth-order valence-corrected chi connectivity index (χ4v) is 4.07. The standard InChI is InChI=1S/C18H16Cl3FN2O2/c1-24(8-17(26)23-15-3-2-10(22)6-14(15)21)18-12-4-9(19)5-13(20)11(12)7-16(18)25/h2-6,16,18,25H,7-8H2,1H3,(H,23,26)/t16-,18-/m0/s1. The van der Waals surface area contributed by atoms with E-state index in [1.165, 1.54) is 12.1 Å². The van der Waals surface area contributed by atoms with Gasteiger partial charge in [0.05, 0.1) is 29.4 Å². The minimum atomic E-state index is -0.701. The molecular formula is C18H16Cl3FN2O2. The zero-order chi connectivity index (χ0) is 19.0. The number of nitrogens with zero attached hydrogens (tertiary/aromatic N) is 1. The van der Waals surface area contributed by atoms with Crippen LogP contribution in [0.1, 0.15) is 17.2 Å². The Labute approximate surface area is 165 Å². The predicted molar refractivity (Wildman–Crippen MR) is 102 cm³/mol. The number of carbonyl (C=O) groups is 1. The summed E-state index contributed by atoms with van der Waals surface area (Å²) in [7, 11) is 1.73. The highest BCUT2D eigenvalue weighted by Crippen LogP contribution is 2.40. The second kappa shape index (κ2) is 7.71. The normalized spacial score (nSPS) is 18.9. The summed E-state index contributed by atoms with van der Waals surface area (Å²) in [5.74, 6) is -0.820. The molecule has 4 nitrogen and oxygen atoms in total. The summed E-state index contributed by atoms with van der Waals surface area (Å²) in [5, 5.41) is 14.2. The molecule has 2 aromatic rings. The Balaban J connectivity index is 1.74. The van der Waals surface area contributed by atoms with Crippen LogP contribution < -0.4 is 5.32 Å². The van der Waals surface area contributed by atoms with E-state index in [0.29, 0.717) is 22.2 Å². The summed E-state index contributed by atoms with van der Waals surface area (Å²) in [6.45, 7) is -0.000988. The van der Waals surface area contributed by atoms with Gasteiger partial charge in [0, 0.05) is 16.5 Å². The van der Waals surface area contributed by atoms with Crippen LogP contribution in [0.2, 0.25) is 15.1 Å². The lowest BCUT2D eigenvalue weighted by molar-refractivity contribution is -0.118. The van der Waals surface area contributed by atoms with Crippen LogP contribution in [0.4, 0.5) is 10.1 Å². The lowest BCUT2D eigenvalue weighted by Crippen LogP contribution is -2.37. The topological polar surface area (TPSA) is 52.6 Å². The molecule has 0 radical (unpaired) electrons. The quantitative estimate of drug-likeness (QED) is 0.779. The van der Waals surface area contributed by atoms with E-state index >= 15 is 0 Å². The van der Waals surface area contributed by atoms with Gasteiger partial charge < -0.3 is 10.4 Å². The number of anilines is 1. The SMILES string of the molecule is CN(CC(=O)Nc1ccc(F)cc1Cl)[C@H]1c2cc(Cl)cc(Cl)c2C[C@@H]1O. The van der Waals surface area contributed by atoms with Crippen LogP contribution in [0, 0.1) is 5.82 Å². The van der Waals surface area contributed by atoms with E-state index in [2.05, 4.69) is 5.32 Å². The van der Waals surface area contributed by atoms with Crippen molar-refractivity contribution in [1.82, 2.24) is 4.90 Å². The van der Waals surface area contributed by atoms with Crippen molar-refractivity contribution in [3.8, 4) is 0 Å². The highest BCUT2D eigenvalue weighted by atomic mass is 35.5. The molecule has 138 valence electrons. The van der Waals surface area contributed by atoms with Gasteiger partial charge >= 0.3 is 0 Å². The summed E-state index contributed by atoms with van der Waals surface area (Å²) in [6.07, 6.45) is -0.306. The molecule has 0 aliphatic heterocycles. The van der Waals surface area contributed by atoms with Crippen molar-refractivity contribution in [3.05, 3.63) is 62.3 Å². The zero-order valence-corrected chi connectivity index (χ0v) is 16.0. The number of hydrogen-bond donors (Lipinski definition) is 2. The first-order valence-electron chi connectivity index (χ1n) is 7.87. The van der Waals surface area contributed by atoms with Gasteiger partial charge in [-0.15, -0.1) is 0 Å². The number of amides is 1. The van der Waals surface area contributed by atoms with Crippen LogP contribution in [0.5, 0.6) is 0 Å². The Morgan fingerprint density at radius 2 is 2.00 bits per heavy atom. The van der Waals surface area contributed by atoms with Gasteiger partial charge in [-0.3, -0.25) is 9.69 Å². The molecule has 0 fully saturated rings. The van der Waals surface area contributed by atoms with Gasteiger partial charge in [-0.1, -0.05) is 34.8 Å². The molecule has 0 saturated carbocycles. The Morgan fingerprint density at radius 3 is 2.69 bits per heavy atom. The van der Waals surface area contributed by atoms with E-state index in [4.69, 9.17) is 34.8 Å². The molecule has 0 spiro atoms. The number of aliphatic hydroxyl groups excluding tert-OH is 1. The van der Waals surface area contributed by atoms with Crippen molar-refractivity contribution in [2.75, 3.05) is 18.9 Å². The Bertz CT molecular complexity index is 863. The summed E-state index contributed by atoms with van der Waals surface area (Å²) in [6, 6.07) is 6.73. The van der Waals surface area contributed by atoms with Crippen molar-refractivity contribution >= 4 is 46.4 Å². The van der Waals surface area contributed by atoms with E-state index in [1.807, 2.05) is 0 Å². The molecular weight excluding hydrogens is 402 g/mol. The third kappa shape index (κ3) is 3.97. The van der Waals surface area contributed by atoms with Crippen LogP contribution in [0.3, 0.4) is 0 Å². The van der Waals surface area contributed by atoms with E-state index in [-0.39, 0.29) is 17.5 Å². The van der Waals surface area contributed by atoms with Gasteiger partial charge in [0.15, 0.2) is 0 Å². The summed E-state index contributed by atoms with van der Waals surface area (Å²) >= 11 is 18.2. The van der Waals surface area contributed by atoms with Crippen molar-refractivity contribution in [1.29, 1.82) is 0 Å². The minimum absolute atomic E-state index is 0.000988. The average Bonchev–Trinajstić information content (AvgIpc) is 2.86. The first-order chi connectivity index (χ1) is 12.3. The molecule has 1 amide bonds. The molecule has 2 aromatic carbocycles. The number of halogens is 4. The van der Waals surface area contributed by atoms with Gasteiger partial charge in [-0.2, -0.15) is 0 Å². The average molecular weight is 418 g/mol. The number of aliphatic hydroxyl groups is 1. The summed E-state index contributed by atoms with van der Waals surface area (Å²) < 4.78 is 13.1. The fraction of sp³-hybridized carbons (Fsp3) is 0.278. The summed E-state index contributed by atoms with van der Waals surface area (Å²) in [4.78, 5) is 14.0. The van der Waals surface area contributed by atoms with Gasteiger partial charge in [0.2, 0.25) is 5.91 Å². The molecule has 0 aromatic heterocycles. The number of rotatable bonds is 4. The second-order valence-corrected chi connectivity index (χ2v) is 7.51. The number of nitrogens with one attached hydrogen (secondary N) is 1. The van der Waals surface area contributed by atoms with E-state index in [1.54, 1.807) is 24.1 Å². The van der Waals surface area contributed by atoms with Crippen LogP contribution >= 0.6 is 34.8 Å². The Hall–Kier alpha value is -1.37. The molecule has 3 rings (SSSR count). The molecule has 0 saturated heterocycles. The Kier molecular flexibility index (Phi) is 5.75. The van der Waals surface area contributed by atoms with Crippen LogP contribution in [-0.4, -0.2) is 35.6 Å². The predicted octanol–water partition coefficient (Wildman–Crippen LogP) is 4.31. The number of carbonyl (C=O) groups excluding carboxylic acids is 1. The smallest absolute Gasteiger partial charge is 0.238 e. The van der Waals surface area contributed by atoms with E-state index < -0.39 is 18.0 Å². The fourth-order valence-electron chi connectivity index (χ4n) is 3.27. The number of likely N-dealkylation sites (N-methyl/N-ethyl adjacent to an activating group) is 1. The second-order valence-electron chi connectivity index (χ2n) is 6.26. The molecule has 1 aliphatic carbocycles. The minimum Gasteiger partial charge on any atom is -0.391 e. The monoisotopic (exact) mass is 416 g/mol. The van der Waals surface area contributed by atoms with E-state index in [9.17, 15) is 14.3 Å². The molecule has 8 heteroatoms. The molecule has 2 N–H and O–H groups in total. The maximum absolute atomic E-state index is 13.1. The largest absolute Gasteiger partial charge is 0.391 e. The van der Waals surface area contributed by atoms with Crippen LogP contribution in [0.15, 0.2) is 30.3 Å². The lowest BCUT2D eigenvalue weighted by atomic mass is 10.1. The van der Waals surface area contributed by atoms with Crippen LogP contribution in [0.25, 0.3) is 0 Å². The number of hydrogen-bond acceptors (Lipinski definition) is 3. The van der Waals surface area contributed by atoms with Gasteiger partial charge in [-0.25, -0.2) is 4.39 Å². The Morgan fingerprint density at radius 1 is 1.27 bits per heavy atom. The highest BCUT2D eigenvalue weighted by Gasteiger charge is 2.36. The molecule has 0 bridgehead atoms. The first-order valence-corrected chi connectivity index (χ1v) is 9.00. The maximum Gasteiger partial charge on any atom is 0.238 e. The van der Waals surface area contributed by atoms with E-state index in [0.717, 1.165) is 17.2 Å². The summed E-state index contributed by atoms with van der Waals surface area (Å²) in [5.41, 5.74) is 1.97. The maximum atomic E-state index is 13.1. The van der Waals surface area contributed by atoms with Crippen molar-refractivity contribution in [2.45, 2.75) is 18.6 Å². The first kappa shape index (κ1) is 19.4. The molecule has 0 heterocycles. The van der Waals surface area contributed by atoms with Crippen molar-refractivity contribution in [3.63, 3.8) is 0 Å². The van der Waals surface area contributed by atoms with Crippen molar-refractivity contribution in [2.24, 2.45) is 0 Å². The molecule has 26 heavy (non-hydrogen) atoms. The van der Waals surface area contributed by atoms with Crippen LogP contribution in [-0.2, 0) is 11.2 Å². The molecule has 2 atom stereocenters.